The third-order valence-electron chi connectivity index (χ3n) is 3.06. The first kappa shape index (κ1) is 14.4. The van der Waals surface area contributed by atoms with E-state index in [1.54, 1.807) is 17.5 Å². The number of aliphatic imine (C=N–C) groups is 1. The highest BCUT2D eigenvalue weighted by Crippen LogP contribution is 2.42. The Labute approximate surface area is 127 Å². The SMILES string of the molecule is FC(F)(F)c1cccc(C2(c3sccc3Cl)N=CON2)c1. The molecule has 1 aliphatic heterocycles. The molecule has 21 heavy (non-hydrogen) atoms. The van der Waals surface area contributed by atoms with E-state index in [4.69, 9.17) is 16.4 Å². The summed E-state index contributed by atoms with van der Waals surface area (Å²) >= 11 is 7.39. The first-order valence-corrected chi connectivity index (χ1v) is 7.07. The van der Waals surface area contributed by atoms with Gasteiger partial charge in [-0.3, -0.25) is 0 Å². The summed E-state index contributed by atoms with van der Waals surface area (Å²) in [6.07, 6.45) is -3.28. The number of halogens is 4. The van der Waals surface area contributed by atoms with Crippen molar-refractivity contribution in [2.75, 3.05) is 0 Å². The van der Waals surface area contributed by atoms with Gasteiger partial charge in [0, 0.05) is 5.56 Å². The molecule has 3 nitrogen and oxygen atoms in total. The number of thiophene rings is 1. The summed E-state index contributed by atoms with van der Waals surface area (Å²) in [5.74, 6) is 0. The lowest BCUT2D eigenvalue weighted by atomic mass is 9.97. The van der Waals surface area contributed by atoms with Crippen molar-refractivity contribution in [1.29, 1.82) is 0 Å². The van der Waals surface area contributed by atoms with Gasteiger partial charge in [-0.05, 0) is 23.6 Å². The molecule has 0 aliphatic carbocycles. The minimum atomic E-state index is -4.43. The molecule has 1 aliphatic rings. The second-order valence-corrected chi connectivity index (χ2v) is 5.66. The number of benzene rings is 1. The molecule has 1 aromatic carbocycles. The zero-order valence-electron chi connectivity index (χ0n) is 10.3. The quantitative estimate of drug-likeness (QED) is 0.895. The molecule has 1 atom stereocenters. The Bertz CT molecular complexity index is 701. The predicted molar refractivity (Wildman–Crippen MR) is 74.3 cm³/mol. The first-order valence-electron chi connectivity index (χ1n) is 5.81. The van der Waals surface area contributed by atoms with Crippen LogP contribution < -0.4 is 5.48 Å². The van der Waals surface area contributed by atoms with Crippen LogP contribution in [-0.4, -0.2) is 6.40 Å². The summed E-state index contributed by atoms with van der Waals surface area (Å²) in [7, 11) is 0. The Morgan fingerprint density at radius 2 is 2.10 bits per heavy atom. The van der Waals surface area contributed by atoms with Crippen LogP contribution in [0.25, 0.3) is 0 Å². The lowest BCUT2D eigenvalue weighted by Gasteiger charge is -2.25. The number of nitrogens with one attached hydrogen (secondary N) is 1. The molecule has 0 radical (unpaired) electrons. The highest BCUT2D eigenvalue weighted by Gasteiger charge is 2.42. The molecule has 1 unspecified atom stereocenters. The fourth-order valence-electron chi connectivity index (χ4n) is 2.09. The van der Waals surface area contributed by atoms with Crippen molar-refractivity contribution in [2.24, 2.45) is 4.99 Å². The third kappa shape index (κ3) is 2.41. The topological polar surface area (TPSA) is 33.6 Å². The second kappa shape index (κ2) is 5.01. The average Bonchev–Trinajstić information content (AvgIpc) is 3.07. The molecule has 0 saturated carbocycles. The first-order chi connectivity index (χ1) is 9.93. The molecule has 0 fully saturated rings. The van der Waals surface area contributed by atoms with E-state index in [-0.39, 0.29) is 0 Å². The van der Waals surface area contributed by atoms with Gasteiger partial charge in [-0.1, -0.05) is 23.7 Å². The molecular weight excluding hydrogens is 325 g/mol. The number of hydroxylamine groups is 1. The summed E-state index contributed by atoms with van der Waals surface area (Å²) in [5.41, 5.74) is 0.935. The molecular formula is C13H8ClF3N2OS. The lowest BCUT2D eigenvalue weighted by molar-refractivity contribution is -0.137. The monoisotopic (exact) mass is 332 g/mol. The number of nitrogens with zero attached hydrogens (tertiary/aromatic N) is 1. The van der Waals surface area contributed by atoms with Crippen LogP contribution in [0, 0.1) is 0 Å². The Kier molecular flexibility index (Phi) is 3.43. The smallest absolute Gasteiger partial charge is 0.394 e. The van der Waals surface area contributed by atoms with Crippen LogP contribution in [0.4, 0.5) is 13.2 Å². The molecule has 2 heterocycles. The number of hydrogen-bond donors (Lipinski definition) is 1. The Morgan fingerprint density at radius 1 is 1.29 bits per heavy atom. The van der Waals surface area contributed by atoms with Crippen LogP contribution in [0.2, 0.25) is 5.02 Å². The molecule has 2 aromatic rings. The van der Waals surface area contributed by atoms with E-state index < -0.39 is 17.4 Å². The fraction of sp³-hybridized carbons (Fsp3) is 0.154. The van der Waals surface area contributed by atoms with Gasteiger partial charge in [-0.25, -0.2) is 4.99 Å². The van der Waals surface area contributed by atoms with Gasteiger partial charge in [0.15, 0.2) is 6.40 Å². The van der Waals surface area contributed by atoms with Gasteiger partial charge >= 0.3 is 6.18 Å². The molecule has 3 rings (SSSR count). The zero-order chi connectivity index (χ0) is 15.1. The van der Waals surface area contributed by atoms with Gasteiger partial charge in [-0.15, -0.1) is 16.8 Å². The normalized spacial score (nSPS) is 21.5. The summed E-state index contributed by atoms with van der Waals surface area (Å²) in [6, 6.07) is 6.58. The van der Waals surface area contributed by atoms with Crippen molar-refractivity contribution in [1.82, 2.24) is 5.48 Å². The van der Waals surface area contributed by atoms with E-state index in [1.807, 2.05) is 0 Å². The molecule has 0 bridgehead atoms. The third-order valence-corrected chi connectivity index (χ3v) is 4.51. The predicted octanol–water partition coefficient (Wildman–Crippen LogP) is 4.18. The van der Waals surface area contributed by atoms with E-state index in [1.165, 1.54) is 17.4 Å². The fourth-order valence-corrected chi connectivity index (χ4v) is 3.40. The van der Waals surface area contributed by atoms with Gasteiger partial charge in [0.1, 0.15) is 0 Å². The number of hydrogen-bond acceptors (Lipinski definition) is 4. The van der Waals surface area contributed by atoms with Gasteiger partial charge in [0.05, 0.1) is 15.5 Å². The standard InChI is InChI=1S/C13H8ClF3N2OS/c14-10-4-5-21-11(10)12(18-7-20-19-12)8-2-1-3-9(6-8)13(15,16)17/h1-7,19H. The molecule has 0 saturated heterocycles. The van der Waals surface area contributed by atoms with E-state index in [0.717, 1.165) is 18.5 Å². The average molecular weight is 333 g/mol. The maximum absolute atomic E-state index is 12.9. The number of rotatable bonds is 2. The summed E-state index contributed by atoms with van der Waals surface area (Å²) < 4.78 is 38.7. The van der Waals surface area contributed by atoms with E-state index in [9.17, 15) is 13.2 Å². The number of alkyl halides is 3. The molecule has 0 spiro atoms. The lowest BCUT2D eigenvalue weighted by Crippen LogP contribution is -2.36. The Morgan fingerprint density at radius 3 is 2.67 bits per heavy atom. The summed E-state index contributed by atoms with van der Waals surface area (Å²) in [5, 5.41) is 2.15. The maximum atomic E-state index is 12.9. The molecule has 0 amide bonds. The zero-order valence-corrected chi connectivity index (χ0v) is 11.9. The minimum Gasteiger partial charge on any atom is -0.394 e. The van der Waals surface area contributed by atoms with Gasteiger partial charge in [0.25, 0.3) is 0 Å². The van der Waals surface area contributed by atoms with Crippen molar-refractivity contribution in [3.63, 3.8) is 0 Å². The summed E-state index contributed by atoms with van der Waals surface area (Å²) in [4.78, 5) is 9.68. The van der Waals surface area contributed by atoms with Crippen LogP contribution in [0.3, 0.4) is 0 Å². The van der Waals surface area contributed by atoms with Crippen molar-refractivity contribution in [3.8, 4) is 0 Å². The van der Waals surface area contributed by atoms with Crippen LogP contribution in [0.1, 0.15) is 16.0 Å². The van der Waals surface area contributed by atoms with Gasteiger partial charge in [0.2, 0.25) is 5.66 Å². The van der Waals surface area contributed by atoms with Crippen molar-refractivity contribution < 1.29 is 18.0 Å². The van der Waals surface area contributed by atoms with Crippen molar-refractivity contribution in [3.05, 3.63) is 56.7 Å². The van der Waals surface area contributed by atoms with E-state index in [0.29, 0.717) is 15.5 Å². The second-order valence-electron chi connectivity index (χ2n) is 4.34. The molecule has 1 N–H and O–H groups in total. The van der Waals surface area contributed by atoms with Crippen LogP contribution in [0.15, 0.2) is 40.7 Å². The minimum absolute atomic E-state index is 0.301. The van der Waals surface area contributed by atoms with Crippen LogP contribution >= 0.6 is 22.9 Å². The van der Waals surface area contributed by atoms with E-state index >= 15 is 0 Å². The maximum Gasteiger partial charge on any atom is 0.416 e. The Balaban J connectivity index is 2.16. The van der Waals surface area contributed by atoms with Crippen molar-refractivity contribution >= 4 is 29.3 Å². The van der Waals surface area contributed by atoms with Crippen molar-refractivity contribution in [2.45, 2.75) is 11.8 Å². The molecule has 110 valence electrons. The van der Waals surface area contributed by atoms with Gasteiger partial charge in [-0.2, -0.15) is 13.2 Å². The van der Waals surface area contributed by atoms with Crippen LogP contribution in [-0.2, 0) is 16.7 Å². The highest BCUT2D eigenvalue weighted by atomic mass is 35.5. The molecule has 1 aromatic heterocycles. The molecule has 8 heteroatoms. The highest BCUT2D eigenvalue weighted by molar-refractivity contribution is 7.10. The summed E-state index contributed by atoms with van der Waals surface area (Å²) in [6.45, 7) is 0. The largest absolute Gasteiger partial charge is 0.416 e. The Hall–Kier alpha value is -1.57. The van der Waals surface area contributed by atoms with Gasteiger partial charge < -0.3 is 4.84 Å². The van der Waals surface area contributed by atoms with E-state index in [2.05, 4.69) is 10.5 Å². The van der Waals surface area contributed by atoms with Crippen LogP contribution in [0.5, 0.6) is 0 Å².